The van der Waals surface area contributed by atoms with Crippen molar-refractivity contribution in [1.82, 2.24) is 0 Å². The van der Waals surface area contributed by atoms with E-state index in [1.165, 1.54) is 0 Å². The first-order valence-electron chi connectivity index (χ1n) is 4.94. The van der Waals surface area contributed by atoms with Gasteiger partial charge in [-0.15, -0.1) is 0 Å². The fourth-order valence-corrected chi connectivity index (χ4v) is 1.61. The lowest BCUT2D eigenvalue weighted by molar-refractivity contribution is -0.144. The molecule has 0 aliphatic carbocycles. The molecule has 0 fully saturated rings. The van der Waals surface area contributed by atoms with Gasteiger partial charge in [-0.1, -0.05) is 6.07 Å². The highest BCUT2D eigenvalue weighted by molar-refractivity contribution is 14.1. The maximum Gasteiger partial charge on any atom is 0.323 e. The molecule has 1 aromatic carbocycles. The van der Waals surface area contributed by atoms with Crippen LogP contribution in [-0.4, -0.2) is 23.7 Å². The summed E-state index contributed by atoms with van der Waals surface area (Å²) in [5, 5.41) is 9.49. The van der Waals surface area contributed by atoms with Crippen molar-refractivity contribution in [3.63, 3.8) is 0 Å². The zero-order valence-electron chi connectivity index (χ0n) is 8.94. The number of benzene rings is 1. The van der Waals surface area contributed by atoms with Crippen molar-refractivity contribution >= 4 is 28.6 Å². The number of ether oxygens (including phenoxy) is 1. The number of rotatable bonds is 4. The molecule has 0 aromatic heterocycles. The molecule has 4 nitrogen and oxygen atoms in total. The predicted octanol–water partition coefficient (Wildman–Crippen LogP) is 1.43. The Hall–Kier alpha value is -0.820. The largest absolute Gasteiger partial charge is 0.507 e. The van der Waals surface area contributed by atoms with Crippen LogP contribution in [0.4, 0.5) is 0 Å². The van der Waals surface area contributed by atoms with Gasteiger partial charge in [0.1, 0.15) is 11.8 Å². The lowest BCUT2D eigenvalue weighted by Crippen LogP contribution is -2.34. The SMILES string of the molecule is CCOC(=O)C(N)Cc1ccc(I)c(O)c1. The zero-order valence-corrected chi connectivity index (χ0v) is 11.1. The van der Waals surface area contributed by atoms with E-state index in [0.717, 1.165) is 9.13 Å². The van der Waals surface area contributed by atoms with Crippen LogP contribution >= 0.6 is 22.6 Å². The molecule has 0 spiro atoms. The summed E-state index contributed by atoms with van der Waals surface area (Å²) >= 11 is 2.03. The number of halogens is 1. The minimum atomic E-state index is -0.681. The molecule has 0 aliphatic rings. The molecule has 0 saturated heterocycles. The highest BCUT2D eigenvalue weighted by Crippen LogP contribution is 2.21. The molecule has 1 aromatic rings. The molecule has 0 amide bonds. The Morgan fingerprint density at radius 3 is 2.88 bits per heavy atom. The van der Waals surface area contributed by atoms with Crippen LogP contribution in [-0.2, 0) is 16.0 Å². The van der Waals surface area contributed by atoms with Crippen LogP contribution in [0.25, 0.3) is 0 Å². The number of carbonyl (C=O) groups excluding carboxylic acids is 1. The smallest absolute Gasteiger partial charge is 0.323 e. The minimum Gasteiger partial charge on any atom is -0.507 e. The first kappa shape index (κ1) is 13.2. The molecular weight excluding hydrogens is 321 g/mol. The summed E-state index contributed by atoms with van der Waals surface area (Å²) in [5.41, 5.74) is 6.48. The number of nitrogens with two attached hydrogens (primary N) is 1. The van der Waals surface area contributed by atoms with Gasteiger partial charge in [-0.05, 0) is 53.6 Å². The van der Waals surface area contributed by atoms with E-state index in [1.807, 2.05) is 28.7 Å². The topological polar surface area (TPSA) is 72.5 Å². The normalized spacial score (nSPS) is 12.2. The molecule has 0 radical (unpaired) electrons. The number of phenols is 1. The Morgan fingerprint density at radius 1 is 1.62 bits per heavy atom. The maximum atomic E-state index is 11.3. The van der Waals surface area contributed by atoms with E-state index in [1.54, 1.807) is 19.1 Å². The van der Waals surface area contributed by atoms with Crippen LogP contribution < -0.4 is 5.73 Å². The van der Waals surface area contributed by atoms with Gasteiger partial charge in [0, 0.05) is 0 Å². The molecular formula is C11H14INO3. The van der Waals surface area contributed by atoms with Crippen LogP contribution in [0, 0.1) is 3.57 Å². The summed E-state index contributed by atoms with van der Waals surface area (Å²) in [7, 11) is 0. The van der Waals surface area contributed by atoms with E-state index in [4.69, 9.17) is 10.5 Å². The molecule has 1 atom stereocenters. The molecule has 1 unspecified atom stereocenters. The van der Waals surface area contributed by atoms with Gasteiger partial charge in [-0.2, -0.15) is 0 Å². The van der Waals surface area contributed by atoms with Gasteiger partial charge >= 0.3 is 5.97 Å². The Kier molecular flexibility index (Phi) is 5.01. The van der Waals surface area contributed by atoms with Crippen molar-refractivity contribution in [2.45, 2.75) is 19.4 Å². The molecule has 0 saturated carbocycles. The van der Waals surface area contributed by atoms with E-state index in [-0.39, 0.29) is 5.75 Å². The van der Waals surface area contributed by atoms with Crippen molar-refractivity contribution < 1.29 is 14.6 Å². The molecule has 5 heteroatoms. The van der Waals surface area contributed by atoms with Crippen molar-refractivity contribution in [2.75, 3.05) is 6.61 Å². The van der Waals surface area contributed by atoms with E-state index in [9.17, 15) is 9.90 Å². The van der Waals surface area contributed by atoms with Gasteiger partial charge in [0.15, 0.2) is 0 Å². The zero-order chi connectivity index (χ0) is 12.1. The molecule has 0 bridgehead atoms. The molecule has 0 aliphatic heterocycles. The minimum absolute atomic E-state index is 0.203. The standard InChI is InChI=1S/C11H14INO3/c1-2-16-11(15)9(13)5-7-3-4-8(12)10(14)6-7/h3-4,6,9,14H,2,5,13H2,1H3. The Morgan fingerprint density at radius 2 is 2.31 bits per heavy atom. The van der Waals surface area contributed by atoms with Crippen LogP contribution in [0.3, 0.4) is 0 Å². The van der Waals surface area contributed by atoms with Gasteiger partial charge in [0.05, 0.1) is 10.2 Å². The van der Waals surface area contributed by atoms with Crippen LogP contribution in [0.5, 0.6) is 5.75 Å². The van der Waals surface area contributed by atoms with Gasteiger partial charge in [-0.25, -0.2) is 0 Å². The van der Waals surface area contributed by atoms with Gasteiger partial charge in [-0.3, -0.25) is 4.79 Å². The summed E-state index contributed by atoms with van der Waals surface area (Å²) in [4.78, 5) is 11.3. The number of aromatic hydroxyl groups is 1. The second kappa shape index (κ2) is 6.05. The second-order valence-corrected chi connectivity index (χ2v) is 4.51. The van der Waals surface area contributed by atoms with Gasteiger partial charge in [0.25, 0.3) is 0 Å². The lowest BCUT2D eigenvalue weighted by atomic mass is 10.1. The Bertz CT molecular complexity index is 381. The van der Waals surface area contributed by atoms with E-state index in [0.29, 0.717) is 13.0 Å². The first-order valence-corrected chi connectivity index (χ1v) is 6.02. The first-order chi connectivity index (χ1) is 7.54. The molecule has 1 rings (SSSR count). The van der Waals surface area contributed by atoms with Crippen molar-refractivity contribution in [3.8, 4) is 5.75 Å². The Balaban J connectivity index is 2.66. The summed E-state index contributed by atoms with van der Waals surface area (Å²) in [6.07, 6.45) is 0.364. The van der Waals surface area contributed by atoms with Gasteiger partial charge in [0.2, 0.25) is 0 Å². The third-order valence-corrected chi connectivity index (χ3v) is 2.97. The average molecular weight is 335 g/mol. The third kappa shape index (κ3) is 3.64. The van der Waals surface area contributed by atoms with E-state index < -0.39 is 12.0 Å². The number of phenolic OH excluding ortho intramolecular Hbond substituents is 1. The van der Waals surface area contributed by atoms with E-state index >= 15 is 0 Å². The molecule has 3 N–H and O–H groups in total. The predicted molar refractivity (Wildman–Crippen MR) is 69.1 cm³/mol. The summed E-state index contributed by atoms with van der Waals surface area (Å²) in [5.74, 6) is -0.213. The summed E-state index contributed by atoms with van der Waals surface area (Å²) in [6.45, 7) is 2.06. The van der Waals surface area contributed by atoms with Gasteiger partial charge < -0.3 is 15.6 Å². The average Bonchev–Trinajstić information content (AvgIpc) is 2.24. The molecule has 16 heavy (non-hydrogen) atoms. The fourth-order valence-electron chi connectivity index (χ4n) is 1.27. The highest BCUT2D eigenvalue weighted by Gasteiger charge is 2.15. The summed E-state index contributed by atoms with van der Waals surface area (Å²) in [6, 6.07) is 4.55. The summed E-state index contributed by atoms with van der Waals surface area (Å²) < 4.78 is 5.57. The molecule has 88 valence electrons. The monoisotopic (exact) mass is 335 g/mol. The quantitative estimate of drug-likeness (QED) is 0.645. The number of hydrogen-bond acceptors (Lipinski definition) is 4. The highest BCUT2D eigenvalue weighted by atomic mass is 127. The number of carbonyl (C=O) groups is 1. The fraction of sp³-hybridized carbons (Fsp3) is 0.364. The molecule has 0 heterocycles. The second-order valence-electron chi connectivity index (χ2n) is 3.35. The van der Waals surface area contributed by atoms with Crippen molar-refractivity contribution in [2.24, 2.45) is 5.73 Å². The lowest BCUT2D eigenvalue weighted by Gasteiger charge is -2.10. The number of esters is 1. The maximum absolute atomic E-state index is 11.3. The van der Waals surface area contributed by atoms with Crippen molar-refractivity contribution in [1.29, 1.82) is 0 Å². The van der Waals surface area contributed by atoms with Crippen molar-refractivity contribution in [3.05, 3.63) is 27.3 Å². The van der Waals surface area contributed by atoms with E-state index in [2.05, 4.69) is 0 Å². The Labute approximate surface area is 108 Å². The third-order valence-electron chi connectivity index (χ3n) is 2.06. The van der Waals surface area contributed by atoms with Crippen LogP contribution in [0.2, 0.25) is 0 Å². The van der Waals surface area contributed by atoms with Crippen LogP contribution in [0.15, 0.2) is 18.2 Å². The number of hydrogen-bond donors (Lipinski definition) is 2. The van der Waals surface area contributed by atoms with Crippen LogP contribution in [0.1, 0.15) is 12.5 Å².